The van der Waals surface area contributed by atoms with Gasteiger partial charge < -0.3 is 24.3 Å². The molecule has 198 valence electrons. The number of rotatable bonds is 8. The van der Waals surface area contributed by atoms with Crippen LogP contribution in [0.4, 0.5) is 5.69 Å². The third kappa shape index (κ3) is 5.46. The standard InChI is InChI=1S/C29H26N4O5S/c1-35-20-10-12-22(24(15-20)37-3)27-18(17-33(32-27)19-8-6-5-7-9-19)14-26-28(34)31-29(39-26)30-23-13-11-21(36-2)16-25(23)38-4/h5-17H,1-4H3,(H,30,31,34)/b26-14-. The van der Waals surface area contributed by atoms with Crippen molar-refractivity contribution in [3.05, 3.63) is 83.4 Å². The van der Waals surface area contributed by atoms with E-state index >= 15 is 0 Å². The summed E-state index contributed by atoms with van der Waals surface area (Å²) in [6.07, 6.45) is 3.69. The highest BCUT2D eigenvalue weighted by molar-refractivity contribution is 8.18. The fourth-order valence-corrected chi connectivity index (χ4v) is 4.84. The van der Waals surface area contributed by atoms with Crippen LogP contribution < -0.4 is 24.3 Å². The number of benzene rings is 3. The molecule has 0 aliphatic carbocycles. The fourth-order valence-electron chi connectivity index (χ4n) is 4.02. The number of aromatic nitrogens is 2. The summed E-state index contributed by atoms with van der Waals surface area (Å²) in [6, 6.07) is 20.6. The van der Waals surface area contributed by atoms with E-state index in [2.05, 4.69) is 10.3 Å². The molecule has 1 fully saturated rings. The molecule has 0 bridgehead atoms. The van der Waals surface area contributed by atoms with Gasteiger partial charge in [0, 0.05) is 29.5 Å². The summed E-state index contributed by atoms with van der Waals surface area (Å²) in [6.45, 7) is 0. The Labute approximate surface area is 230 Å². The van der Waals surface area contributed by atoms with Gasteiger partial charge in [-0.25, -0.2) is 9.67 Å². The number of nitrogens with one attached hydrogen (secondary N) is 1. The molecule has 1 saturated heterocycles. The molecule has 0 spiro atoms. The lowest BCUT2D eigenvalue weighted by Gasteiger charge is -2.09. The molecule has 0 unspecified atom stereocenters. The molecule has 0 radical (unpaired) electrons. The monoisotopic (exact) mass is 542 g/mol. The van der Waals surface area contributed by atoms with Crippen LogP contribution in [0, 0.1) is 0 Å². The maximum absolute atomic E-state index is 13.0. The third-order valence-electron chi connectivity index (χ3n) is 5.97. The Bertz CT molecular complexity index is 1580. The lowest BCUT2D eigenvalue weighted by atomic mass is 10.1. The maximum Gasteiger partial charge on any atom is 0.264 e. The quantitative estimate of drug-likeness (QED) is 0.295. The Hall–Kier alpha value is -4.70. The van der Waals surface area contributed by atoms with Crippen LogP contribution in [0.3, 0.4) is 0 Å². The highest BCUT2D eigenvalue weighted by atomic mass is 32.2. The maximum atomic E-state index is 13.0. The molecule has 2 heterocycles. The average molecular weight is 543 g/mol. The number of carbonyl (C=O) groups excluding carboxylic acids is 1. The zero-order valence-electron chi connectivity index (χ0n) is 21.8. The Balaban J connectivity index is 1.55. The normalized spacial score (nSPS) is 14.9. The molecule has 9 nitrogen and oxygen atoms in total. The Morgan fingerprint density at radius 1 is 0.872 bits per heavy atom. The molecule has 0 atom stereocenters. The third-order valence-corrected chi connectivity index (χ3v) is 6.88. The zero-order chi connectivity index (χ0) is 27.4. The second kappa shape index (κ2) is 11.4. The average Bonchev–Trinajstić information content (AvgIpc) is 3.55. The predicted octanol–water partition coefficient (Wildman–Crippen LogP) is 5.47. The van der Waals surface area contributed by atoms with Crippen LogP contribution in [-0.2, 0) is 4.79 Å². The van der Waals surface area contributed by atoms with E-state index in [1.54, 1.807) is 63.5 Å². The Morgan fingerprint density at radius 3 is 2.26 bits per heavy atom. The number of hydrogen-bond donors (Lipinski definition) is 1. The van der Waals surface area contributed by atoms with Crippen LogP contribution in [0.25, 0.3) is 23.0 Å². The zero-order valence-corrected chi connectivity index (χ0v) is 22.6. The summed E-state index contributed by atoms with van der Waals surface area (Å²) in [4.78, 5) is 18.0. The van der Waals surface area contributed by atoms with Crippen LogP contribution in [0.15, 0.2) is 82.8 Å². The minimum atomic E-state index is -0.258. The topological polar surface area (TPSA) is 96.2 Å². The first-order chi connectivity index (χ1) is 19.0. The molecule has 39 heavy (non-hydrogen) atoms. The number of aliphatic imine (C=N–C) groups is 1. The van der Waals surface area contributed by atoms with E-state index in [0.717, 1.165) is 16.8 Å². The van der Waals surface area contributed by atoms with Crippen LogP contribution in [0.1, 0.15) is 5.56 Å². The molecule has 0 saturated carbocycles. The summed E-state index contributed by atoms with van der Waals surface area (Å²) in [5, 5.41) is 8.14. The van der Waals surface area contributed by atoms with E-state index in [9.17, 15) is 4.79 Å². The van der Waals surface area contributed by atoms with Gasteiger partial charge in [-0.1, -0.05) is 18.2 Å². The van der Waals surface area contributed by atoms with Gasteiger partial charge in [0.1, 0.15) is 34.4 Å². The van der Waals surface area contributed by atoms with Gasteiger partial charge in [-0.3, -0.25) is 4.79 Å². The van der Waals surface area contributed by atoms with Gasteiger partial charge in [0.25, 0.3) is 5.91 Å². The van der Waals surface area contributed by atoms with Gasteiger partial charge in [-0.05, 0) is 54.2 Å². The van der Waals surface area contributed by atoms with Crippen molar-refractivity contribution < 1.29 is 23.7 Å². The number of nitrogens with zero attached hydrogens (tertiary/aromatic N) is 3. The smallest absolute Gasteiger partial charge is 0.264 e. The van der Waals surface area contributed by atoms with Crippen molar-refractivity contribution in [2.75, 3.05) is 28.4 Å². The van der Waals surface area contributed by atoms with Crippen LogP contribution in [0.2, 0.25) is 0 Å². The molecule has 1 N–H and O–H groups in total. The summed E-state index contributed by atoms with van der Waals surface area (Å²) >= 11 is 1.24. The Kier molecular flexibility index (Phi) is 7.55. The van der Waals surface area contributed by atoms with Gasteiger partial charge >= 0.3 is 0 Å². The summed E-state index contributed by atoms with van der Waals surface area (Å²) in [7, 11) is 6.34. The molecule has 1 aliphatic rings. The van der Waals surface area contributed by atoms with Crippen molar-refractivity contribution in [1.29, 1.82) is 0 Å². The molecule has 10 heteroatoms. The number of methoxy groups -OCH3 is 4. The second-order valence-corrected chi connectivity index (χ2v) is 9.33. The van der Waals surface area contributed by atoms with Crippen LogP contribution in [0.5, 0.6) is 23.0 Å². The summed E-state index contributed by atoms with van der Waals surface area (Å²) < 4.78 is 23.5. The van der Waals surface area contributed by atoms with Crippen molar-refractivity contribution >= 4 is 34.6 Å². The van der Waals surface area contributed by atoms with Crippen LogP contribution in [-0.4, -0.2) is 49.3 Å². The number of hydrogen-bond acceptors (Lipinski definition) is 8. The highest BCUT2D eigenvalue weighted by Crippen LogP contribution is 2.38. The number of thioether (sulfide) groups is 1. The summed E-state index contributed by atoms with van der Waals surface area (Å²) in [5.74, 6) is 2.19. The predicted molar refractivity (Wildman–Crippen MR) is 152 cm³/mol. The van der Waals surface area contributed by atoms with E-state index < -0.39 is 0 Å². The lowest BCUT2D eigenvalue weighted by Crippen LogP contribution is -2.19. The summed E-state index contributed by atoms with van der Waals surface area (Å²) in [5.41, 5.74) is 3.61. The van der Waals surface area contributed by atoms with E-state index in [0.29, 0.717) is 44.5 Å². The van der Waals surface area contributed by atoms with Gasteiger partial charge in [-0.15, -0.1) is 0 Å². The second-order valence-electron chi connectivity index (χ2n) is 8.30. The van der Waals surface area contributed by atoms with E-state index in [1.165, 1.54) is 11.8 Å². The number of carbonyl (C=O) groups is 1. The first-order valence-electron chi connectivity index (χ1n) is 11.9. The molecule has 1 amide bonds. The van der Waals surface area contributed by atoms with Crippen molar-refractivity contribution in [1.82, 2.24) is 15.1 Å². The van der Waals surface area contributed by atoms with E-state index in [-0.39, 0.29) is 5.91 Å². The molecule has 3 aromatic carbocycles. The van der Waals surface area contributed by atoms with Crippen molar-refractivity contribution in [2.45, 2.75) is 0 Å². The minimum absolute atomic E-state index is 0.258. The van der Waals surface area contributed by atoms with Crippen molar-refractivity contribution in [2.24, 2.45) is 4.99 Å². The number of amides is 1. The molecular formula is C29H26N4O5S. The van der Waals surface area contributed by atoms with E-state index in [1.807, 2.05) is 48.7 Å². The SMILES string of the molecule is COc1ccc(N=C2NC(=O)/C(=C/c3cn(-c4ccccc4)nc3-c3ccc(OC)cc3OC)S2)c(OC)c1. The first-order valence-corrected chi connectivity index (χ1v) is 12.7. The minimum Gasteiger partial charge on any atom is -0.497 e. The van der Waals surface area contributed by atoms with Gasteiger partial charge in [0.2, 0.25) is 0 Å². The molecular weight excluding hydrogens is 516 g/mol. The van der Waals surface area contributed by atoms with E-state index in [4.69, 9.17) is 24.0 Å². The lowest BCUT2D eigenvalue weighted by molar-refractivity contribution is -0.115. The molecule has 4 aromatic rings. The Morgan fingerprint density at radius 2 is 1.56 bits per heavy atom. The van der Waals surface area contributed by atoms with Gasteiger partial charge in [-0.2, -0.15) is 5.10 Å². The fraction of sp³-hybridized carbons (Fsp3) is 0.138. The van der Waals surface area contributed by atoms with Gasteiger partial charge in [0.15, 0.2) is 5.17 Å². The number of ether oxygens (including phenoxy) is 4. The molecule has 1 aliphatic heterocycles. The highest BCUT2D eigenvalue weighted by Gasteiger charge is 2.26. The van der Waals surface area contributed by atoms with Crippen molar-refractivity contribution in [3.8, 4) is 39.9 Å². The number of amidine groups is 1. The van der Waals surface area contributed by atoms with Gasteiger partial charge in [0.05, 0.1) is 39.0 Å². The number of para-hydroxylation sites is 1. The van der Waals surface area contributed by atoms with Crippen LogP contribution >= 0.6 is 11.8 Å². The molecule has 5 rings (SSSR count). The largest absolute Gasteiger partial charge is 0.497 e. The first kappa shape index (κ1) is 25.9. The molecule has 1 aromatic heterocycles. The van der Waals surface area contributed by atoms with Crippen molar-refractivity contribution in [3.63, 3.8) is 0 Å².